The van der Waals surface area contributed by atoms with E-state index in [1.807, 2.05) is 0 Å². The number of nitrogens with zero attached hydrogens (tertiary/aromatic N) is 1. The highest BCUT2D eigenvalue weighted by Gasteiger charge is 2.32. The van der Waals surface area contributed by atoms with Crippen molar-refractivity contribution in [2.75, 3.05) is 20.7 Å². The second kappa shape index (κ2) is 10.8. The largest absolute Gasteiger partial charge is 0.396 e. The Bertz CT molecular complexity index is 430. The third-order valence-corrected chi connectivity index (χ3v) is 5.22. The molecule has 1 aromatic carbocycles. The van der Waals surface area contributed by atoms with E-state index in [0.29, 0.717) is 0 Å². The van der Waals surface area contributed by atoms with E-state index >= 15 is 0 Å². The monoisotopic (exact) mass is 319 g/mol. The van der Waals surface area contributed by atoms with Gasteiger partial charge in [-0.15, -0.1) is 0 Å². The Hall–Kier alpha value is -0.860. The van der Waals surface area contributed by atoms with Crippen LogP contribution in [0.3, 0.4) is 0 Å². The van der Waals surface area contributed by atoms with E-state index in [9.17, 15) is 5.11 Å². The van der Waals surface area contributed by atoms with E-state index in [1.54, 1.807) is 0 Å². The van der Waals surface area contributed by atoms with Crippen LogP contribution in [0.5, 0.6) is 0 Å². The Morgan fingerprint density at radius 1 is 1.00 bits per heavy atom. The van der Waals surface area contributed by atoms with Crippen molar-refractivity contribution in [3.05, 3.63) is 35.4 Å². The van der Waals surface area contributed by atoms with Crippen LogP contribution in [0.4, 0.5) is 0 Å². The van der Waals surface area contributed by atoms with Gasteiger partial charge < -0.3 is 5.11 Å². The smallest absolute Gasteiger partial charge is 0.0453 e. The lowest BCUT2D eigenvalue weighted by Gasteiger charge is -2.40. The molecule has 1 N–H and O–H groups in total. The van der Waals surface area contributed by atoms with Crippen molar-refractivity contribution in [3.63, 3.8) is 0 Å². The number of aliphatic hydroxyl groups excluding tert-OH is 1. The summed E-state index contributed by atoms with van der Waals surface area (Å²) in [5.74, 6) is 0. The van der Waals surface area contributed by atoms with Crippen LogP contribution in [-0.4, -0.2) is 30.7 Å². The maximum atomic E-state index is 9.28. The van der Waals surface area contributed by atoms with Crippen LogP contribution in [0.25, 0.3) is 0 Å². The van der Waals surface area contributed by atoms with Crippen molar-refractivity contribution < 1.29 is 5.11 Å². The molecule has 1 aromatic rings. The van der Waals surface area contributed by atoms with Gasteiger partial charge in [0.05, 0.1) is 0 Å². The van der Waals surface area contributed by atoms with Crippen LogP contribution in [-0.2, 0) is 12.0 Å². The summed E-state index contributed by atoms with van der Waals surface area (Å²) < 4.78 is 0. The lowest BCUT2D eigenvalue weighted by molar-refractivity contribution is 0.118. The Labute approximate surface area is 143 Å². The van der Waals surface area contributed by atoms with Gasteiger partial charge >= 0.3 is 0 Å². The third kappa shape index (κ3) is 5.93. The first-order valence-corrected chi connectivity index (χ1v) is 9.48. The van der Waals surface area contributed by atoms with E-state index < -0.39 is 0 Å². The predicted molar refractivity (Wildman–Crippen MR) is 101 cm³/mol. The zero-order valence-corrected chi connectivity index (χ0v) is 15.8. The number of aliphatic hydroxyl groups is 1. The number of aryl methyl sites for hydroxylation is 1. The molecule has 0 amide bonds. The quantitative estimate of drug-likeness (QED) is 0.539. The Balaban J connectivity index is 2.81. The van der Waals surface area contributed by atoms with Gasteiger partial charge in [0.15, 0.2) is 0 Å². The van der Waals surface area contributed by atoms with Crippen molar-refractivity contribution in [1.82, 2.24) is 4.90 Å². The maximum absolute atomic E-state index is 9.28. The molecule has 0 bridgehead atoms. The number of hydrogen-bond acceptors (Lipinski definition) is 2. The molecular formula is C21H37NO. The predicted octanol–water partition coefficient (Wildman–Crippen LogP) is 5.14. The van der Waals surface area contributed by atoms with E-state index in [-0.39, 0.29) is 12.1 Å². The van der Waals surface area contributed by atoms with Crippen molar-refractivity contribution in [2.24, 2.45) is 0 Å². The molecule has 0 saturated carbocycles. The molecule has 0 aliphatic carbocycles. The Morgan fingerprint density at radius 3 is 2.35 bits per heavy atom. The van der Waals surface area contributed by atoms with Gasteiger partial charge in [-0.2, -0.15) is 0 Å². The summed E-state index contributed by atoms with van der Waals surface area (Å²) in [5, 5.41) is 9.28. The Morgan fingerprint density at radius 2 is 1.74 bits per heavy atom. The summed E-state index contributed by atoms with van der Waals surface area (Å²) in [7, 11) is 4.33. The van der Waals surface area contributed by atoms with Crippen molar-refractivity contribution >= 4 is 0 Å². The maximum Gasteiger partial charge on any atom is 0.0453 e. The fourth-order valence-electron chi connectivity index (χ4n) is 3.64. The molecule has 23 heavy (non-hydrogen) atoms. The molecule has 2 nitrogen and oxygen atoms in total. The Kier molecular flexibility index (Phi) is 9.50. The van der Waals surface area contributed by atoms with Gasteiger partial charge in [-0.3, -0.25) is 4.90 Å². The molecule has 0 spiro atoms. The molecule has 0 fully saturated rings. The summed E-state index contributed by atoms with van der Waals surface area (Å²) in [6.07, 6.45) is 10.8. The van der Waals surface area contributed by atoms with Gasteiger partial charge in [-0.1, -0.05) is 63.8 Å². The molecule has 0 saturated heterocycles. The van der Waals surface area contributed by atoms with Gasteiger partial charge in [0.2, 0.25) is 0 Å². The topological polar surface area (TPSA) is 23.5 Å². The molecule has 132 valence electrons. The molecule has 0 aliphatic heterocycles. The average Bonchev–Trinajstić information content (AvgIpc) is 2.56. The van der Waals surface area contributed by atoms with E-state index in [4.69, 9.17) is 0 Å². The lowest BCUT2D eigenvalue weighted by Crippen LogP contribution is -2.41. The normalized spacial score (nSPS) is 14.2. The molecule has 1 atom stereocenters. The van der Waals surface area contributed by atoms with Crippen LogP contribution in [0.1, 0.15) is 76.3 Å². The minimum absolute atomic E-state index is 0.0426. The number of benzene rings is 1. The SMILES string of the molecule is CCCCCCCc1cccc(C(CC)(CCCO)N(C)C)c1. The van der Waals surface area contributed by atoms with Crippen LogP contribution >= 0.6 is 0 Å². The van der Waals surface area contributed by atoms with Crippen LogP contribution in [0, 0.1) is 0 Å². The minimum Gasteiger partial charge on any atom is -0.396 e. The van der Waals surface area contributed by atoms with Gasteiger partial charge in [0, 0.05) is 12.1 Å². The first-order valence-electron chi connectivity index (χ1n) is 9.48. The number of rotatable bonds is 12. The molecule has 1 rings (SSSR count). The molecule has 0 aromatic heterocycles. The summed E-state index contributed by atoms with van der Waals surface area (Å²) in [4.78, 5) is 2.34. The summed E-state index contributed by atoms with van der Waals surface area (Å²) in [6, 6.07) is 9.15. The first-order chi connectivity index (χ1) is 11.1. The summed E-state index contributed by atoms with van der Waals surface area (Å²) in [6.45, 7) is 4.79. The highest BCUT2D eigenvalue weighted by Crippen LogP contribution is 2.35. The van der Waals surface area contributed by atoms with Gasteiger partial charge in [0.1, 0.15) is 0 Å². The summed E-state index contributed by atoms with van der Waals surface area (Å²) in [5.41, 5.74) is 2.91. The fraction of sp³-hybridized carbons (Fsp3) is 0.714. The second-order valence-corrected chi connectivity index (χ2v) is 6.97. The lowest BCUT2D eigenvalue weighted by atomic mass is 9.81. The van der Waals surface area contributed by atoms with Crippen LogP contribution in [0.15, 0.2) is 24.3 Å². The second-order valence-electron chi connectivity index (χ2n) is 6.97. The van der Waals surface area contributed by atoms with E-state index in [2.05, 4.69) is 57.1 Å². The highest BCUT2D eigenvalue weighted by atomic mass is 16.2. The average molecular weight is 320 g/mol. The number of unbranched alkanes of at least 4 members (excludes halogenated alkanes) is 4. The molecule has 0 radical (unpaired) electrons. The first kappa shape index (κ1) is 20.2. The zero-order valence-electron chi connectivity index (χ0n) is 15.8. The molecule has 1 unspecified atom stereocenters. The van der Waals surface area contributed by atoms with Gasteiger partial charge in [0.25, 0.3) is 0 Å². The zero-order chi connectivity index (χ0) is 17.1. The standard InChI is InChI=1S/C21H37NO/c1-5-7-8-9-10-13-19-14-11-15-20(18-19)21(6-2,22(3)4)16-12-17-23/h11,14-15,18,23H,5-10,12-13,16-17H2,1-4H3. The van der Waals surface area contributed by atoms with E-state index in [0.717, 1.165) is 19.3 Å². The van der Waals surface area contributed by atoms with Crippen molar-refractivity contribution in [1.29, 1.82) is 0 Å². The van der Waals surface area contributed by atoms with E-state index in [1.165, 1.54) is 49.7 Å². The molecule has 0 aliphatic rings. The fourth-order valence-corrected chi connectivity index (χ4v) is 3.64. The number of hydrogen-bond donors (Lipinski definition) is 1. The van der Waals surface area contributed by atoms with Gasteiger partial charge in [-0.25, -0.2) is 0 Å². The van der Waals surface area contributed by atoms with Gasteiger partial charge in [-0.05, 0) is 57.3 Å². The molecule has 0 heterocycles. The molecule has 2 heteroatoms. The van der Waals surface area contributed by atoms with Crippen LogP contribution < -0.4 is 0 Å². The summed E-state index contributed by atoms with van der Waals surface area (Å²) >= 11 is 0. The third-order valence-electron chi connectivity index (χ3n) is 5.22. The molecular weight excluding hydrogens is 282 g/mol. The van der Waals surface area contributed by atoms with Crippen LogP contribution in [0.2, 0.25) is 0 Å². The highest BCUT2D eigenvalue weighted by molar-refractivity contribution is 5.30. The minimum atomic E-state index is 0.0426. The van der Waals surface area contributed by atoms with Crippen molar-refractivity contribution in [2.45, 2.75) is 77.2 Å². The van der Waals surface area contributed by atoms with Crippen molar-refractivity contribution in [3.8, 4) is 0 Å².